The van der Waals surface area contributed by atoms with Crippen molar-refractivity contribution in [3.8, 4) is 17.2 Å². The van der Waals surface area contributed by atoms with Crippen LogP contribution in [-0.2, 0) is 9.59 Å². The SMILES string of the molecule is O=C(O)C(F)(F)C(F)(F)C(=O)Oc1ccc2c(c1)Oc1ccccc1S2. The van der Waals surface area contributed by atoms with Gasteiger partial charge in [-0.3, -0.25) is 0 Å². The van der Waals surface area contributed by atoms with Crippen LogP contribution in [0.5, 0.6) is 17.2 Å². The zero-order valence-electron chi connectivity index (χ0n) is 12.5. The first-order chi connectivity index (χ1) is 12.1. The van der Waals surface area contributed by atoms with Gasteiger partial charge in [-0.2, -0.15) is 17.6 Å². The van der Waals surface area contributed by atoms with Crippen molar-refractivity contribution in [1.29, 1.82) is 0 Å². The number of rotatable bonds is 4. The highest BCUT2D eigenvalue weighted by atomic mass is 32.2. The quantitative estimate of drug-likeness (QED) is 0.410. The van der Waals surface area contributed by atoms with Gasteiger partial charge in [-0.25, -0.2) is 9.59 Å². The molecule has 2 aromatic rings. The first-order valence-corrected chi connectivity index (χ1v) is 7.74. The van der Waals surface area contributed by atoms with Gasteiger partial charge in [0.25, 0.3) is 0 Å². The minimum Gasteiger partial charge on any atom is -0.477 e. The number of benzene rings is 2. The molecule has 136 valence electrons. The summed E-state index contributed by atoms with van der Waals surface area (Å²) < 4.78 is 62.7. The molecule has 3 rings (SSSR count). The second-order valence-electron chi connectivity index (χ2n) is 5.10. The fourth-order valence-corrected chi connectivity index (χ4v) is 2.94. The van der Waals surface area contributed by atoms with E-state index in [0.29, 0.717) is 10.6 Å². The molecule has 26 heavy (non-hydrogen) atoms. The number of carboxylic acids is 1. The van der Waals surface area contributed by atoms with Crippen LogP contribution in [0.25, 0.3) is 0 Å². The molecular formula is C16H8F4O5S. The van der Waals surface area contributed by atoms with Crippen LogP contribution in [0, 0.1) is 0 Å². The predicted molar refractivity (Wildman–Crippen MR) is 80.2 cm³/mol. The molecule has 0 aliphatic carbocycles. The van der Waals surface area contributed by atoms with Crippen molar-refractivity contribution in [2.75, 3.05) is 0 Å². The summed E-state index contributed by atoms with van der Waals surface area (Å²) in [6, 6.07) is 10.5. The van der Waals surface area contributed by atoms with Crippen LogP contribution in [0.1, 0.15) is 0 Å². The van der Waals surface area contributed by atoms with Gasteiger partial charge < -0.3 is 14.6 Å². The second kappa shape index (κ2) is 6.20. The van der Waals surface area contributed by atoms with Gasteiger partial charge in [-0.1, -0.05) is 23.9 Å². The molecule has 0 amide bonds. The van der Waals surface area contributed by atoms with Gasteiger partial charge in [-0.15, -0.1) is 0 Å². The van der Waals surface area contributed by atoms with E-state index in [0.717, 1.165) is 17.0 Å². The number of fused-ring (bicyclic) bond motifs is 2. The molecule has 0 atom stereocenters. The number of aliphatic carboxylic acids is 1. The van der Waals surface area contributed by atoms with Crippen molar-refractivity contribution in [3.63, 3.8) is 0 Å². The standard InChI is InChI=1S/C16H8F4O5S/c17-15(18,13(21)22)16(19,20)14(23)24-8-5-6-12-10(7-8)25-9-3-1-2-4-11(9)26-12/h1-7H,(H,21,22). The van der Waals surface area contributed by atoms with Crippen LogP contribution in [0.2, 0.25) is 0 Å². The maximum absolute atomic E-state index is 13.4. The lowest BCUT2D eigenvalue weighted by Crippen LogP contribution is -2.53. The molecule has 1 heterocycles. The van der Waals surface area contributed by atoms with Crippen LogP contribution >= 0.6 is 11.8 Å². The topological polar surface area (TPSA) is 72.8 Å². The van der Waals surface area contributed by atoms with Gasteiger partial charge in [-0.05, 0) is 24.3 Å². The van der Waals surface area contributed by atoms with E-state index < -0.39 is 29.5 Å². The van der Waals surface area contributed by atoms with Crippen molar-refractivity contribution in [2.24, 2.45) is 0 Å². The van der Waals surface area contributed by atoms with Crippen LogP contribution < -0.4 is 9.47 Å². The normalized spacial score (nSPS) is 13.2. The third kappa shape index (κ3) is 2.96. The van der Waals surface area contributed by atoms with Crippen molar-refractivity contribution < 1.29 is 41.7 Å². The van der Waals surface area contributed by atoms with E-state index in [4.69, 9.17) is 9.84 Å². The minimum atomic E-state index is -5.61. The van der Waals surface area contributed by atoms with Gasteiger partial charge in [0.15, 0.2) is 0 Å². The Labute approximate surface area is 147 Å². The number of carboxylic acid groups (broad SMARTS) is 1. The van der Waals surface area contributed by atoms with Gasteiger partial charge in [0.1, 0.15) is 17.2 Å². The molecule has 5 nitrogen and oxygen atoms in total. The lowest BCUT2D eigenvalue weighted by atomic mass is 10.2. The maximum Gasteiger partial charge on any atom is 0.416 e. The summed E-state index contributed by atoms with van der Waals surface area (Å²) >= 11 is 1.31. The van der Waals surface area contributed by atoms with Crippen LogP contribution in [-0.4, -0.2) is 28.9 Å². The molecule has 0 saturated carbocycles. The van der Waals surface area contributed by atoms with E-state index in [1.807, 2.05) is 0 Å². The summed E-state index contributed by atoms with van der Waals surface area (Å²) in [6.07, 6.45) is 0. The van der Waals surface area contributed by atoms with Gasteiger partial charge >= 0.3 is 23.8 Å². The fourth-order valence-electron chi connectivity index (χ4n) is 2.01. The van der Waals surface area contributed by atoms with E-state index in [9.17, 15) is 27.2 Å². The number of hydrogen-bond donors (Lipinski definition) is 1. The zero-order valence-corrected chi connectivity index (χ0v) is 13.4. The van der Waals surface area contributed by atoms with Gasteiger partial charge in [0.05, 0.1) is 9.79 Å². The van der Waals surface area contributed by atoms with Crippen molar-refractivity contribution >= 4 is 23.7 Å². The summed E-state index contributed by atoms with van der Waals surface area (Å²) in [5.41, 5.74) is 0. The number of para-hydroxylation sites is 1. The second-order valence-corrected chi connectivity index (χ2v) is 6.19. The number of hydrogen-bond acceptors (Lipinski definition) is 5. The van der Waals surface area contributed by atoms with Crippen LogP contribution in [0.4, 0.5) is 17.6 Å². The number of halogens is 4. The molecule has 0 unspecified atom stereocenters. The first-order valence-electron chi connectivity index (χ1n) is 6.93. The fraction of sp³-hybridized carbons (Fsp3) is 0.125. The van der Waals surface area contributed by atoms with E-state index >= 15 is 0 Å². The maximum atomic E-state index is 13.4. The third-order valence-corrected chi connectivity index (χ3v) is 4.45. The predicted octanol–water partition coefficient (Wildman–Crippen LogP) is 4.20. The smallest absolute Gasteiger partial charge is 0.416 e. The van der Waals surface area contributed by atoms with Crippen molar-refractivity contribution in [3.05, 3.63) is 42.5 Å². The average Bonchev–Trinajstić information content (AvgIpc) is 2.59. The lowest BCUT2D eigenvalue weighted by molar-refractivity contribution is -0.229. The molecule has 0 saturated heterocycles. The molecule has 0 radical (unpaired) electrons. The van der Waals surface area contributed by atoms with Crippen molar-refractivity contribution in [2.45, 2.75) is 21.6 Å². The molecule has 2 aromatic carbocycles. The average molecular weight is 388 g/mol. The van der Waals surface area contributed by atoms with Gasteiger partial charge in [0.2, 0.25) is 0 Å². The molecule has 1 aliphatic heterocycles. The Morgan fingerprint density at radius 1 is 0.962 bits per heavy atom. The Morgan fingerprint density at radius 2 is 1.62 bits per heavy atom. The number of carbonyl (C=O) groups excluding carboxylic acids is 1. The summed E-state index contributed by atoms with van der Waals surface area (Å²) in [5, 5.41) is 8.18. The Morgan fingerprint density at radius 3 is 2.31 bits per heavy atom. The van der Waals surface area contributed by atoms with E-state index in [-0.39, 0.29) is 5.75 Å². The number of ether oxygens (including phenoxy) is 2. The summed E-state index contributed by atoms with van der Waals surface area (Å²) in [6.45, 7) is 0. The Balaban J connectivity index is 1.82. The minimum absolute atomic E-state index is 0.173. The van der Waals surface area contributed by atoms with E-state index in [1.54, 1.807) is 24.3 Å². The van der Waals surface area contributed by atoms with Crippen LogP contribution in [0.15, 0.2) is 52.3 Å². The first kappa shape index (κ1) is 18.1. The Kier molecular flexibility index (Phi) is 4.31. The highest BCUT2D eigenvalue weighted by molar-refractivity contribution is 7.99. The zero-order chi connectivity index (χ0) is 19.1. The molecule has 1 N–H and O–H groups in total. The summed E-state index contributed by atoms with van der Waals surface area (Å²) in [5.74, 6) is -16.8. The van der Waals surface area contributed by atoms with E-state index in [2.05, 4.69) is 4.74 Å². The van der Waals surface area contributed by atoms with Crippen LogP contribution in [0.3, 0.4) is 0 Å². The van der Waals surface area contributed by atoms with Gasteiger partial charge in [0, 0.05) is 6.07 Å². The molecule has 0 fully saturated rings. The monoisotopic (exact) mass is 388 g/mol. The van der Waals surface area contributed by atoms with E-state index in [1.165, 1.54) is 17.8 Å². The Hall–Kier alpha value is -2.75. The number of esters is 1. The molecule has 0 bridgehead atoms. The third-order valence-electron chi connectivity index (χ3n) is 3.33. The molecule has 10 heteroatoms. The largest absolute Gasteiger partial charge is 0.477 e. The number of carbonyl (C=O) groups is 2. The summed E-state index contributed by atoms with van der Waals surface area (Å²) in [7, 11) is 0. The lowest BCUT2D eigenvalue weighted by Gasteiger charge is -2.22. The highest BCUT2D eigenvalue weighted by Crippen LogP contribution is 2.48. The van der Waals surface area contributed by atoms with Crippen molar-refractivity contribution in [1.82, 2.24) is 0 Å². The molecule has 0 spiro atoms. The molecular weight excluding hydrogens is 380 g/mol. The number of alkyl halides is 4. The Bertz CT molecular complexity index is 900. The highest BCUT2D eigenvalue weighted by Gasteiger charge is 2.68. The molecule has 1 aliphatic rings. The summed E-state index contributed by atoms with van der Waals surface area (Å²) in [4.78, 5) is 23.1. The molecule has 0 aromatic heterocycles.